The second kappa shape index (κ2) is 8.36. The normalized spacial score (nSPS) is 14.4. The lowest BCUT2D eigenvalue weighted by Crippen LogP contribution is -2.18. The first-order valence-electron chi connectivity index (χ1n) is 6.90. The van der Waals surface area contributed by atoms with Gasteiger partial charge in [-0.3, -0.25) is 4.98 Å². The van der Waals surface area contributed by atoms with Gasteiger partial charge in [0.05, 0.1) is 19.9 Å². The molecular formula is C16H19F3N2O2. The molecule has 0 aromatic carbocycles. The Labute approximate surface area is 133 Å². The first-order chi connectivity index (χ1) is 10.8. The zero-order chi connectivity index (χ0) is 17.5. The van der Waals surface area contributed by atoms with E-state index in [9.17, 15) is 13.2 Å². The third-order valence-electron chi connectivity index (χ3n) is 2.90. The Balaban J connectivity index is 3.49. The van der Waals surface area contributed by atoms with E-state index in [2.05, 4.69) is 9.98 Å². The number of hydrogen-bond donors (Lipinski definition) is 0. The summed E-state index contributed by atoms with van der Waals surface area (Å²) >= 11 is 0. The van der Waals surface area contributed by atoms with Crippen LogP contribution in [0.1, 0.15) is 25.8 Å². The quantitative estimate of drug-likeness (QED) is 0.445. The molecule has 0 amide bonds. The first-order valence-corrected chi connectivity index (χ1v) is 6.90. The van der Waals surface area contributed by atoms with Crippen LogP contribution in [0, 0.1) is 0 Å². The lowest BCUT2D eigenvalue weighted by molar-refractivity contribution is -0.0966. The standard InChI is InChI=1S/C16H19F3N2O2/c1-5-7-13(22-3)14(16(17,18)19)15(23-4)21-11(2)12-8-6-9-20-10-12/h6-10H,5H2,1-4H3/b13-7-,15-14-,21-11?. The van der Waals surface area contributed by atoms with Crippen molar-refractivity contribution in [2.45, 2.75) is 26.4 Å². The number of pyridine rings is 1. The van der Waals surface area contributed by atoms with Crippen LogP contribution >= 0.6 is 0 Å². The number of aliphatic imine (C=N–C) groups is 1. The fourth-order valence-corrected chi connectivity index (χ4v) is 1.84. The van der Waals surface area contributed by atoms with Gasteiger partial charge in [0.1, 0.15) is 5.76 Å². The number of aromatic nitrogens is 1. The fourth-order valence-electron chi connectivity index (χ4n) is 1.84. The molecule has 0 bridgehead atoms. The van der Waals surface area contributed by atoms with Crippen LogP contribution in [0.4, 0.5) is 13.2 Å². The van der Waals surface area contributed by atoms with Gasteiger partial charge in [-0.15, -0.1) is 0 Å². The Kier molecular flexibility index (Phi) is 6.81. The Hall–Kier alpha value is -2.31. The second-order valence-electron chi connectivity index (χ2n) is 4.50. The van der Waals surface area contributed by atoms with Gasteiger partial charge in [0.15, 0.2) is 5.57 Å². The van der Waals surface area contributed by atoms with Crippen molar-refractivity contribution in [1.29, 1.82) is 0 Å². The minimum atomic E-state index is -4.67. The zero-order valence-electron chi connectivity index (χ0n) is 13.4. The van der Waals surface area contributed by atoms with Gasteiger partial charge in [0.25, 0.3) is 0 Å². The molecule has 1 heterocycles. The molecule has 23 heavy (non-hydrogen) atoms. The largest absolute Gasteiger partial charge is 0.496 e. The number of halogens is 3. The van der Waals surface area contributed by atoms with Crippen LogP contribution in [0.3, 0.4) is 0 Å². The molecular weight excluding hydrogens is 309 g/mol. The molecule has 0 aliphatic heterocycles. The van der Waals surface area contributed by atoms with Crippen molar-refractivity contribution < 1.29 is 22.6 Å². The van der Waals surface area contributed by atoms with Gasteiger partial charge >= 0.3 is 6.18 Å². The molecule has 0 spiro atoms. The summed E-state index contributed by atoms with van der Waals surface area (Å²) < 4.78 is 50.1. The van der Waals surface area contributed by atoms with Crippen molar-refractivity contribution in [3.8, 4) is 0 Å². The van der Waals surface area contributed by atoms with Gasteiger partial charge in [-0.25, -0.2) is 4.99 Å². The van der Waals surface area contributed by atoms with E-state index in [1.165, 1.54) is 19.4 Å². The number of methoxy groups -OCH3 is 2. The van der Waals surface area contributed by atoms with Crippen LogP contribution in [0.5, 0.6) is 0 Å². The highest BCUT2D eigenvalue weighted by atomic mass is 19.4. The maximum absolute atomic E-state index is 13.4. The van der Waals surface area contributed by atoms with Gasteiger partial charge in [-0.2, -0.15) is 13.2 Å². The van der Waals surface area contributed by atoms with Gasteiger partial charge < -0.3 is 9.47 Å². The van der Waals surface area contributed by atoms with Gasteiger partial charge in [-0.1, -0.05) is 13.0 Å². The van der Waals surface area contributed by atoms with Crippen LogP contribution < -0.4 is 0 Å². The third-order valence-corrected chi connectivity index (χ3v) is 2.90. The Bertz CT molecular complexity index is 606. The molecule has 0 N–H and O–H groups in total. The summed E-state index contributed by atoms with van der Waals surface area (Å²) in [6, 6.07) is 3.37. The first kappa shape index (κ1) is 18.7. The molecule has 0 aliphatic rings. The topological polar surface area (TPSA) is 43.7 Å². The molecule has 0 saturated heterocycles. The average molecular weight is 328 g/mol. The summed E-state index contributed by atoms with van der Waals surface area (Å²) in [6.45, 7) is 3.30. The monoisotopic (exact) mass is 328 g/mol. The van der Waals surface area contributed by atoms with Crippen molar-refractivity contribution in [2.75, 3.05) is 14.2 Å². The van der Waals surface area contributed by atoms with Crippen LogP contribution in [-0.2, 0) is 9.47 Å². The summed E-state index contributed by atoms with van der Waals surface area (Å²) in [5.74, 6) is -0.875. The number of hydrogen-bond acceptors (Lipinski definition) is 4. The molecule has 1 aromatic rings. The number of rotatable bonds is 6. The molecule has 4 nitrogen and oxygen atoms in total. The summed E-state index contributed by atoms with van der Waals surface area (Å²) in [7, 11) is 2.32. The van der Waals surface area contributed by atoms with E-state index in [1.807, 2.05) is 0 Å². The molecule has 7 heteroatoms. The van der Waals surface area contributed by atoms with Crippen molar-refractivity contribution in [3.05, 3.63) is 53.4 Å². The second-order valence-corrected chi connectivity index (χ2v) is 4.50. The smallest absolute Gasteiger partial charge is 0.425 e. The summed E-state index contributed by atoms with van der Waals surface area (Å²) in [5, 5.41) is 0. The maximum atomic E-state index is 13.4. The van der Waals surface area contributed by atoms with E-state index in [4.69, 9.17) is 9.47 Å². The van der Waals surface area contributed by atoms with E-state index in [0.29, 0.717) is 17.7 Å². The van der Waals surface area contributed by atoms with Gasteiger partial charge in [0, 0.05) is 18.0 Å². The third kappa shape index (κ3) is 5.12. The average Bonchev–Trinajstić information content (AvgIpc) is 2.52. The van der Waals surface area contributed by atoms with Crippen molar-refractivity contribution in [2.24, 2.45) is 4.99 Å². The Morgan fingerprint density at radius 2 is 2.00 bits per heavy atom. The molecule has 0 radical (unpaired) electrons. The molecule has 126 valence electrons. The molecule has 1 rings (SSSR count). The van der Waals surface area contributed by atoms with Gasteiger partial charge in [0.2, 0.25) is 5.88 Å². The Morgan fingerprint density at radius 1 is 1.30 bits per heavy atom. The molecule has 0 fully saturated rings. The number of allylic oxidation sites excluding steroid dienone is 2. The van der Waals surface area contributed by atoms with E-state index < -0.39 is 17.6 Å². The molecule has 0 saturated carbocycles. The van der Waals surface area contributed by atoms with Crippen molar-refractivity contribution in [3.63, 3.8) is 0 Å². The van der Waals surface area contributed by atoms with Crippen LogP contribution in [-0.4, -0.2) is 31.1 Å². The SMILES string of the molecule is CC/C=C(OC)/C(=C(\N=C(C)c1cccnc1)OC)C(F)(F)F. The Morgan fingerprint density at radius 3 is 2.43 bits per heavy atom. The highest BCUT2D eigenvalue weighted by Gasteiger charge is 2.41. The van der Waals surface area contributed by atoms with E-state index in [0.717, 1.165) is 7.11 Å². The lowest BCUT2D eigenvalue weighted by Gasteiger charge is -2.17. The summed E-state index contributed by atoms with van der Waals surface area (Å²) in [6.07, 6.45) is 0.124. The molecule has 0 atom stereocenters. The van der Waals surface area contributed by atoms with Crippen LogP contribution in [0.15, 0.2) is 52.8 Å². The summed E-state index contributed by atoms with van der Waals surface area (Å²) in [5.41, 5.74) is -0.0988. The van der Waals surface area contributed by atoms with Crippen LogP contribution in [0.2, 0.25) is 0 Å². The van der Waals surface area contributed by atoms with Crippen LogP contribution in [0.25, 0.3) is 0 Å². The molecule has 1 aromatic heterocycles. The number of nitrogens with zero attached hydrogens (tertiary/aromatic N) is 2. The molecule has 0 aliphatic carbocycles. The van der Waals surface area contributed by atoms with E-state index >= 15 is 0 Å². The lowest BCUT2D eigenvalue weighted by atomic mass is 10.1. The minimum Gasteiger partial charge on any atom is -0.496 e. The predicted octanol–water partition coefficient (Wildman–Crippen LogP) is 4.25. The van der Waals surface area contributed by atoms with Crippen molar-refractivity contribution >= 4 is 5.71 Å². The fraction of sp³-hybridized carbons (Fsp3) is 0.375. The maximum Gasteiger partial charge on any atom is 0.425 e. The zero-order valence-corrected chi connectivity index (χ0v) is 13.4. The number of ether oxygens (including phenoxy) is 2. The van der Waals surface area contributed by atoms with Crippen molar-refractivity contribution in [1.82, 2.24) is 4.98 Å². The van der Waals surface area contributed by atoms with E-state index in [-0.39, 0.29) is 5.76 Å². The van der Waals surface area contributed by atoms with Gasteiger partial charge in [-0.05, 0) is 25.5 Å². The van der Waals surface area contributed by atoms with E-state index in [1.54, 1.807) is 32.2 Å². The predicted molar refractivity (Wildman–Crippen MR) is 81.9 cm³/mol. The molecule has 0 unspecified atom stereocenters. The number of alkyl halides is 3. The highest BCUT2D eigenvalue weighted by molar-refractivity contribution is 5.98. The summed E-state index contributed by atoms with van der Waals surface area (Å²) in [4.78, 5) is 7.89. The highest BCUT2D eigenvalue weighted by Crippen LogP contribution is 2.35. The minimum absolute atomic E-state index is 0.320.